The summed E-state index contributed by atoms with van der Waals surface area (Å²) < 4.78 is 58.0. The summed E-state index contributed by atoms with van der Waals surface area (Å²) in [5.41, 5.74) is -0.740. The maximum absolute atomic E-state index is 16.4. The number of likely N-dealkylation sites (tertiary alicyclic amines) is 1. The van der Waals surface area contributed by atoms with Crippen LogP contribution in [0.2, 0.25) is 0 Å². The van der Waals surface area contributed by atoms with Gasteiger partial charge in [0.2, 0.25) is 17.7 Å². The number of amides is 3. The van der Waals surface area contributed by atoms with Gasteiger partial charge in [0.25, 0.3) is 0 Å². The summed E-state index contributed by atoms with van der Waals surface area (Å²) in [6, 6.07) is 3.99. The van der Waals surface area contributed by atoms with E-state index < -0.39 is 73.2 Å². The minimum absolute atomic E-state index is 0.0725. The summed E-state index contributed by atoms with van der Waals surface area (Å²) >= 11 is 0. The predicted octanol–water partition coefficient (Wildman–Crippen LogP) is 5.32. The van der Waals surface area contributed by atoms with Gasteiger partial charge in [0.05, 0.1) is 18.6 Å². The molecule has 5 rings (SSSR count). The topological polar surface area (TPSA) is 152 Å². The molecule has 4 aromatic rings. The van der Waals surface area contributed by atoms with E-state index >= 15 is 4.39 Å². The molecule has 0 radical (unpaired) electrons. The Morgan fingerprint density at radius 1 is 1.10 bits per heavy atom. The fourth-order valence-electron chi connectivity index (χ4n) is 6.16. The molecule has 0 spiro atoms. The molecule has 1 aromatic carbocycles. The van der Waals surface area contributed by atoms with Crippen LogP contribution >= 0.6 is 0 Å². The molecule has 3 aromatic heterocycles. The number of allylic oxidation sites excluding steroid dienone is 1. The summed E-state index contributed by atoms with van der Waals surface area (Å²) in [7, 11) is 0. The summed E-state index contributed by atoms with van der Waals surface area (Å²) in [5.74, 6) is -2.34. The van der Waals surface area contributed by atoms with Crippen molar-refractivity contribution in [3.8, 4) is 11.1 Å². The Morgan fingerprint density at radius 3 is 2.44 bits per heavy atom. The van der Waals surface area contributed by atoms with E-state index in [0.29, 0.717) is 46.3 Å². The van der Waals surface area contributed by atoms with Gasteiger partial charge in [-0.05, 0) is 61.6 Å². The smallest absolute Gasteiger partial charge is 0.353 e. The molecule has 1 fully saturated rings. The molecule has 0 bridgehead atoms. The first-order valence-electron chi connectivity index (χ1n) is 16.6. The second-order valence-electron chi connectivity index (χ2n) is 12.9. The third-order valence-electron chi connectivity index (χ3n) is 8.74. The van der Waals surface area contributed by atoms with E-state index in [1.807, 2.05) is 6.07 Å². The van der Waals surface area contributed by atoms with Crippen molar-refractivity contribution in [1.82, 2.24) is 34.9 Å². The minimum atomic E-state index is -4.79. The average molecular weight is 723 g/mol. The van der Waals surface area contributed by atoms with Crippen molar-refractivity contribution < 1.29 is 36.7 Å². The average Bonchev–Trinajstić information content (AvgIpc) is 3.63. The number of nitrogens with zero attached hydrogens (tertiary/aromatic N) is 6. The number of ketones is 1. The summed E-state index contributed by atoms with van der Waals surface area (Å²) in [6.07, 6.45) is 0.549. The molecule has 274 valence electrons. The number of pyridine rings is 1. The van der Waals surface area contributed by atoms with Gasteiger partial charge in [-0.1, -0.05) is 19.1 Å². The van der Waals surface area contributed by atoms with Crippen LogP contribution in [0.1, 0.15) is 66.2 Å². The van der Waals surface area contributed by atoms with Gasteiger partial charge in [-0.25, -0.2) is 19.3 Å². The Hall–Kier alpha value is -5.54. The molecule has 1 aliphatic rings. The molecular formula is C36H38F4N8O4. The third-order valence-corrected chi connectivity index (χ3v) is 8.74. The Labute approximate surface area is 296 Å². The number of aryl methyl sites for hydroxylation is 2. The predicted molar refractivity (Wildman–Crippen MR) is 184 cm³/mol. The fraction of sp³-hybridized carbons (Fsp3) is 0.389. The quantitative estimate of drug-likeness (QED) is 0.113. The highest BCUT2D eigenvalue weighted by molar-refractivity contribution is 6.07. The van der Waals surface area contributed by atoms with E-state index in [-0.39, 0.29) is 23.5 Å². The lowest BCUT2D eigenvalue weighted by Gasteiger charge is -2.24. The molecule has 16 heteroatoms. The summed E-state index contributed by atoms with van der Waals surface area (Å²) in [4.78, 5) is 65.9. The van der Waals surface area contributed by atoms with Crippen molar-refractivity contribution in [3.63, 3.8) is 0 Å². The van der Waals surface area contributed by atoms with Crippen molar-refractivity contribution >= 4 is 40.2 Å². The van der Waals surface area contributed by atoms with Crippen molar-refractivity contribution in [1.29, 1.82) is 0 Å². The zero-order valence-electron chi connectivity index (χ0n) is 29.1. The third kappa shape index (κ3) is 8.16. The number of rotatable bonds is 12. The first kappa shape index (κ1) is 37.7. The van der Waals surface area contributed by atoms with Crippen LogP contribution in [-0.2, 0) is 33.5 Å². The number of carbonyl (C=O) groups excluding carboxylic acids is 4. The first-order chi connectivity index (χ1) is 24.5. The molecule has 1 saturated heterocycles. The Bertz CT molecular complexity index is 2050. The highest BCUT2D eigenvalue weighted by Gasteiger charge is 2.50. The van der Waals surface area contributed by atoms with E-state index in [0.717, 1.165) is 17.0 Å². The monoisotopic (exact) mass is 722 g/mol. The molecule has 1 aliphatic heterocycles. The lowest BCUT2D eigenvalue weighted by Crippen LogP contribution is -2.45. The number of hydrogen-bond acceptors (Lipinski definition) is 8. The molecule has 52 heavy (non-hydrogen) atoms. The van der Waals surface area contributed by atoms with Crippen LogP contribution < -0.4 is 10.6 Å². The standard InChI is InChI=1S/C36H38F4N8O4/c1-6-8-23-12-24(25-15-41-22(5)42-16-25)13-26-31(21(4)49)46-48(32(23)26)17-30(51)47-19-35(37,18-43-29(50)9-7-2)14-27(47)34(52)45-33-20(3)10-11-28(44-33)36(38,39)40/h6,10-13,15-16,27H,1,7-9,14,17-19H2,2-5H3,(H,43,50)(H,44,45,52)/t27-,35+/m0/s1. The number of anilines is 1. The second kappa shape index (κ2) is 15.0. The van der Waals surface area contributed by atoms with Crippen molar-refractivity contribution in [2.24, 2.45) is 0 Å². The Kier molecular flexibility index (Phi) is 10.9. The highest BCUT2D eigenvalue weighted by Crippen LogP contribution is 2.35. The van der Waals surface area contributed by atoms with Crippen molar-refractivity contribution in [2.75, 3.05) is 18.4 Å². The SMILES string of the molecule is C=CCc1cc(-c2cnc(C)nc2)cc2c(C(C)=O)nn(CC(=O)N3C[C@](F)(CNC(=O)CCC)C[C@H]3C(=O)Nc3nc(C(F)(F)F)ccc3C)c12. The molecular weight excluding hydrogens is 684 g/mol. The van der Waals surface area contributed by atoms with Gasteiger partial charge < -0.3 is 15.5 Å². The van der Waals surface area contributed by atoms with Crippen LogP contribution in [0.5, 0.6) is 0 Å². The number of halogens is 4. The minimum Gasteiger partial charge on any atom is -0.353 e. The van der Waals surface area contributed by atoms with Gasteiger partial charge in [-0.2, -0.15) is 18.3 Å². The summed E-state index contributed by atoms with van der Waals surface area (Å²) in [5, 5.41) is 9.77. The Morgan fingerprint density at radius 2 is 1.81 bits per heavy atom. The lowest BCUT2D eigenvalue weighted by atomic mass is 9.98. The molecule has 3 amide bonds. The van der Waals surface area contributed by atoms with Crippen LogP contribution in [0.4, 0.5) is 23.4 Å². The van der Waals surface area contributed by atoms with Crippen molar-refractivity contribution in [3.05, 3.63) is 77.7 Å². The molecule has 12 nitrogen and oxygen atoms in total. The fourth-order valence-corrected chi connectivity index (χ4v) is 6.16. The van der Waals surface area contributed by atoms with Crippen LogP contribution in [0.3, 0.4) is 0 Å². The van der Waals surface area contributed by atoms with Crippen LogP contribution in [-0.4, -0.2) is 77.9 Å². The number of nitrogens with one attached hydrogen (secondary N) is 2. The number of aromatic nitrogens is 5. The molecule has 4 heterocycles. The molecule has 0 aliphatic carbocycles. The van der Waals surface area contributed by atoms with Gasteiger partial charge in [-0.15, -0.1) is 6.58 Å². The zero-order valence-corrected chi connectivity index (χ0v) is 29.1. The largest absolute Gasteiger partial charge is 0.433 e. The lowest BCUT2D eigenvalue weighted by molar-refractivity contribution is -0.141. The number of Topliss-reactive ketones (excluding diaryl/α,β-unsaturated/α-hetero) is 1. The number of benzene rings is 1. The number of fused-ring (bicyclic) bond motifs is 1. The molecule has 0 saturated carbocycles. The number of hydrogen-bond donors (Lipinski definition) is 2. The van der Waals surface area contributed by atoms with Gasteiger partial charge in [0.15, 0.2) is 5.78 Å². The number of alkyl halides is 4. The zero-order chi connectivity index (χ0) is 38.0. The van der Waals surface area contributed by atoms with Crippen LogP contribution in [0.15, 0.2) is 49.3 Å². The maximum atomic E-state index is 16.4. The van der Waals surface area contributed by atoms with Gasteiger partial charge in [-0.3, -0.25) is 23.9 Å². The second-order valence-corrected chi connectivity index (χ2v) is 12.9. The van der Waals surface area contributed by atoms with Crippen LogP contribution in [0, 0.1) is 13.8 Å². The van der Waals surface area contributed by atoms with E-state index in [1.165, 1.54) is 18.5 Å². The van der Waals surface area contributed by atoms with E-state index in [9.17, 15) is 32.3 Å². The van der Waals surface area contributed by atoms with Gasteiger partial charge in [0, 0.05) is 43.1 Å². The summed E-state index contributed by atoms with van der Waals surface area (Å²) in [6.45, 7) is 8.50. The Balaban J connectivity index is 1.52. The van der Waals surface area contributed by atoms with Gasteiger partial charge >= 0.3 is 6.18 Å². The first-order valence-corrected chi connectivity index (χ1v) is 16.6. The molecule has 2 N–H and O–H groups in total. The normalized spacial score (nSPS) is 17.3. The molecule has 2 atom stereocenters. The highest BCUT2D eigenvalue weighted by atomic mass is 19.4. The van der Waals surface area contributed by atoms with Crippen LogP contribution in [0.25, 0.3) is 22.0 Å². The van der Waals surface area contributed by atoms with E-state index in [1.54, 1.807) is 38.4 Å². The number of carbonyl (C=O) groups is 4. The van der Waals surface area contributed by atoms with E-state index in [4.69, 9.17) is 0 Å². The van der Waals surface area contributed by atoms with Crippen molar-refractivity contribution in [2.45, 2.75) is 77.8 Å². The van der Waals surface area contributed by atoms with E-state index in [2.05, 4.69) is 37.3 Å². The molecule has 0 unspecified atom stereocenters. The van der Waals surface area contributed by atoms with Gasteiger partial charge in [0.1, 0.15) is 41.3 Å². The maximum Gasteiger partial charge on any atom is 0.433 e.